The second kappa shape index (κ2) is 7.50. The van der Waals surface area contributed by atoms with Crippen molar-refractivity contribution in [3.8, 4) is 0 Å². The van der Waals surface area contributed by atoms with Gasteiger partial charge in [0.25, 0.3) is 5.91 Å². The Morgan fingerprint density at radius 1 is 1.30 bits per heavy atom. The first-order valence-electron chi connectivity index (χ1n) is 10.2. The summed E-state index contributed by atoms with van der Waals surface area (Å²) in [5.41, 5.74) is 1.21. The second-order valence-electron chi connectivity index (χ2n) is 8.02. The Balaban J connectivity index is 1.41. The molecule has 2 amide bonds. The largest absolute Gasteiger partial charge is 0.382 e. The van der Waals surface area contributed by atoms with Crippen LogP contribution in [0.4, 0.5) is 5.69 Å². The van der Waals surface area contributed by atoms with Crippen molar-refractivity contribution in [1.82, 2.24) is 10.6 Å². The van der Waals surface area contributed by atoms with Crippen LogP contribution in [0.15, 0.2) is 24.3 Å². The molecule has 0 unspecified atom stereocenters. The van der Waals surface area contributed by atoms with Gasteiger partial charge in [-0.3, -0.25) is 9.59 Å². The topological polar surface area (TPSA) is 79.5 Å². The van der Waals surface area contributed by atoms with E-state index in [1.54, 1.807) is 0 Å². The fraction of sp³-hybridized carbons (Fsp3) is 0.619. The molecule has 3 fully saturated rings. The summed E-state index contributed by atoms with van der Waals surface area (Å²) < 4.78 is 5.32. The zero-order valence-corrected chi connectivity index (χ0v) is 15.9. The van der Waals surface area contributed by atoms with E-state index in [1.807, 2.05) is 31.2 Å². The number of amides is 2. The maximum atomic E-state index is 12.7. The monoisotopic (exact) mass is 371 g/mol. The number of hydrogen-bond acceptors (Lipinski definition) is 4. The molecule has 6 heteroatoms. The van der Waals surface area contributed by atoms with E-state index in [1.165, 1.54) is 0 Å². The van der Waals surface area contributed by atoms with Crippen LogP contribution >= 0.6 is 0 Å². The highest BCUT2D eigenvalue weighted by Gasteiger charge is 2.55. The molecule has 3 saturated carbocycles. The first-order chi connectivity index (χ1) is 13.1. The lowest BCUT2D eigenvalue weighted by molar-refractivity contribution is -0.132. The molecule has 1 aromatic carbocycles. The highest BCUT2D eigenvalue weighted by atomic mass is 16.5. The maximum absolute atomic E-state index is 12.7. The zero-order valence-electron chi connectivity index (χ0n) is 15.9. The third kappa shape index (κ3) is 3.43. The van der Waals surface area contributed by atoms with E-state index in [9.17, 15) is 9.59 Å². The number of carbonyl (C=O) groups is 2. The van der Waals surface area contributed by atoms with Gasteiger partial charge in [0.2, 0.25) is 5.91 Å². The Hall–Kier alpha value is -2.08. The highest BCUT2D eigenvalue weighted by molar-refractivity contribution is 6.02. The quantitative estimate of drug-likeness (QED) is 0.672. The number of ether oxygens (including phenoxy) is 1. The Labute approximate surface area is 160 Å². The molecule has 1 spiro atoms. The van der Waals surface area contributed by atoms with Gasteiger partial charge in [0.15, 0.2) is 0 Å². The average molecular weight is 371 g/mol. The first-order valence-corrected chi connectivity index (χ1v) is 10.2. The number of benzene rings is 1. The minimum absolute atomic E-state index is 0.00572. The molecule has 5 rings (SSSR count). The van der Waals surface area contributed by atoms with Crippen molar-refractivity contribution >= 4 is 17.5 Å². The van der Waals surface area contributed by atoms with E-state index >= 15 is 0 Å². The molecular weight excluding hydrogens is 342 g/mol. The van der Waals surface area contributed by atoms with Crippen LogP contribution in [0.3, 0.4) is 0 Å². The predicted molar refractivity (Wildman–Crippen MR) is 103 cm³/mol. The molecule has 1 aliphatic heterocycles. The van der Waals surface area contributed by atoms with Crippen molar-refractivity contribution in [3.63, 3.8) is 0 Å². The molecule has 0 radical (unpaired) electrons. The summed E-state index contributed by atoms with van der Waals surface area (Å²) in [5.74, 6) is 0.795. The van der Waals surface area contributed by atoms with Crippen molar-refractivity contribution in [3.05, 3.63) is 29.8 Å². The van der Waals surface area contributed by atoms with Crippen LogP contribution < -0.4 is 16.0 Å². The molecule has 0 aromatic heterocycles. The van der Waals surface area contributed by atoms with Gasteiger partial charge in [0, 0.05) is 37.3 Å². The Morgan fingerprint density at radius 3 is 2.93 bits per heavy atom. The first kappa shape index (κ1) is 18.3. The molecule has 3 N–H and O–H groups in total. The molecule has 3 aliphatic carbocycles. The zero-order chi connectivity index (χ0) is 18.9. The van der Waals surface area contributed by atoms with Gasteiger partial charge in [-0.15, -0.1) is 0 Å². The number of anilines is 1. The summed E-state index contributed by atoms with van der Waals surface area (Å²) in [6, 6.07) is 7.67. The van der Waals surface area contributed by atoms with Crippen LogP contribution in [0.2, 0.25) is 0 Å². The second-order valence-corrected chi connectivity index (χ2v) is 8.02. The van der Waals surface area contributed by atoms with Crippen molar-refractivity contribution in [2.75, 3.05) is 25.1 Å². The summed E-state index contributed by atoms with van der Waals surface area (Å²) in [5, 5.41) is 9.95. The van der Waals surface area contributed by atoms with Crippen molar-refractivity contribution in [2.24, 2.45) is 17.8 Å². The minimum atomic E-state index is -0.403. The molecule has 0 saturated heterocycles. The predicted octanol–water partition coefficient (Wildman–Crippen LogP) is 2.52. The van der Waals surface area contributed by atoms with E-state index in [2.05, 4.69) is 16.0 Å². The maximum Gasteiger partial charge on any atom is 0.255 e. The normalized spacial score (nSPS) is 31.1. The van der Waals surface area contributed by atoms with Gasteiger partial charge in [-0.25, -0.2) is 0 Å². The third-order valence-electron chi connectivity index (χ3n) is 6.45. The van der Waals surface area contributed by atoms with Crippen LogP contribution in [-0.4, -0.2) is 37.2 Å². The van der Waals surface area contributed by atoms with Gasteiger partial charge in [0.1, 0.15) is 5.66 Å². The van der Waals surface area contributed by atoms with Crippen LogP contribution in [-0.2, 0) is 9.53 Å². The van der Waals surface area contributed by atoms with Crippen molar-refractivity contribution in [2.45, 2.75) is 44.7 Å². The van der Waals surface area contributed by atoms with E-state index < -0.39 is 5.66 Å². The Morgan fingerprint density at radius 2 is 2.15 bits per heavy atom. The molecular formula is C21H29N3O3. The van der Waals surface area contributed by atoms with E-state index in [0.717, 1.165) is 37.8 Å². The molecule has 1 heterocycles. The number of nitrogens with one attached hydrogen (secondary N) is 3. The van der Waals surface area contributed by atoms with Gasteiger partial charge < -0.3 is 20.7 Å². The molecule has 4 aliphatic rings. The van der Waals surface area contributed by atoms with Crippen LogP contribution in [0.25, 0.3) is 0 Å². The lowest BCUT2D eigenvalue weighted by Crippen LogP contribution is -2.68. The smallest absolute Gasteiger partial charge is 0.255 e. The number of para-hydroxylation sites is 1. The fourth-order valence-electron chi connectivity index (χ4n) is 5.13. The van der Waals surface area contributed by atoms with Crippen molar-refractivity contribution in [1.29, 1.82) is 0 Å². The highest BCUT2D eigenvalue weighted by Crippen LogP contribution is 2.51. The van der Waals surface area contributed by atoms with Gasteiger partial charge in [-0.1, -0.05) is 12.1 Å². The Kier molecular flexibility index (Phi) is 5.08. The van der Waals surface area contributed by atoms with E-state index in [0.29, 0.717) is 31.2 Å². The van der Waals surface area contributed by atoms with Crippen LogP contribution in [0.1, 0.15) is 49.4 Å². The number of fused-ring (bicyclic) bond motifs is 3. The summed E-state index contributed by atoms with van der Waals surface area (Å²) >= 11 is 0. The molecule has 4 atom stereocenters. The fourth-order valence-corrected chi connectivity index (χ4v) is 5.13. The van der Waals surface area contributed by atoms with Gasteiger partial charge in [-0.2, -0.15) is 0 Å². The molecule has 27 heavy (non-hydrogen) atoms. The van der Waals surface area contributed by atoms with Crippen LogP contribution in [0, 0.1) is 17.8 Å². The molecule has 146 valence electrons. The number of rotatable bonds is 6. The van der Waals surface area contributed by atoms with Crippen LogP contribution in [0.5, 0.6) is 0 Å². The lowest BCUT2D eigenvalue weighted by atomic mass is 9.58. The standard InChI is InChI=1S/C21H29N3O3/c1-2-27-11-5-10-22-19(25)17-12-15-9-8-14(17)13-21(15)23-18-7-4-3-6-16(18)20(26)24-21/h3-4,6-7,14-15,17,23H,2,5,8-13H2,1H3,(H,22,25)(H,24,26)/t14-,15-,17+,21-/m1/s1. The number of carbonyl (C=O) groups excluding carboxylic acids is 2. The SMILES string of the molecule is CCOCCCNC(=O)[C@H]1C[C@H]2CC[C@@H]1C[C@@]21NC(=O)c2ccccc2N1. The lowest BCUT2D eigenvalue weighted by Gasteiger charge is -2.56. The van der Waals surface area contributed by atoms with E-state index in [-0.39, 0.29) is 23.7 Å². The number of hydrogen-bond donors (Lipinski definition) is 3. The molecule has 1 aromatic rings. The summed E-state index contributed by atoms with van der Waals surface area (Å²) in [6.07, 6.45) is 4.60. The van der Waals surface area contributed by atoms with E-state index in [4.69, 9.17) is 4.74 Å². The van der Waals surface area contributed by atoms with Gasteiger partial charge >= 0.3 is 0 Å². The average Bonchev–Trinajstić information content (AvgIpc) is 2.68. The van der Waals surface area contributed by atoms with Crippen molar-refractivity contribution < 1.29 is 14.3 Å². The van der Waals surface area contributed by atoms with Gasteiger partial charge in [0.05, 0.1) is 5.56 Å². The Bertz CT molecular complexity index is 722. The van der Waals surface area contributed by atoms with Gasteiger partial charge in [-0.05, 0) is 57.1 Å². The summed E-state index contributed by atoms with van der Waals surface area (Å²) in [4.78, 5) is 25.3. The summed E-state index contributed by atoms with van der Waals surface area (Å²) in [6.45, 7) is 4.04. The minimum Gasteiger partial charge on any atom is -0.382 e. The third-order valence-corrected chi connectivity index (χ3v) is 6.45. The summed E-state index contributed by atoms with van der Waals surface area (Å²) in [7, 11) is 0. The molecule has 2 bridgehead atoms. The molecule has 6 nitrogen and oxygen atoms in total.